The molecule has 128 valence electrons. The van der Waals surface area contributed by atoms with Crippen molar-refractivity contribution < 1.29 is 4.79 Å². The van der Waals surface area contributed by atoms with Gasteiger partial charge in [-0.2, -0.15) is 0 Å². The molecule has 0 bridgehead atoms. The molecule has 26 heavy (non-hydrogen) atoms. The molecule has 4 rings (SSSR count). The molecule has 0 radical (unpaired) electrons. The highest BCUT2D eigenvalue weighted by Gasteiger charge is 2.20. The van der Waals surface area contributed by atoms with Crippen molar-refractivity contribution in [1.82, 2.24) is 10.3 Å². The third kappa shape index (κ3) is 3.59. The van der Waals surface area contributed by atoms with Crippen molar-refractivity contribution in [3.8, 4) is 21.8 Å². The maximum absolute atomic E-state index is 12.8. The molecule has 0 aliphatic carbocycles. The fraction of sp³-hybridized carbons (Fsp3) is 0.0476. The number of aromatic nitrogens is 1. The normalized spacial score (nSPS) is 10.6. The topological polar surface area (TPSA) is 42.0 Å². The summed E-state index contributed by atoms with van der Waals surface area (Å²) in [5, 5.41) is 5.88. The zero-order valence-electron chi connectivity index (χ0n) is 13.9. The van der Waals surface area contributed by atoms with Crippen molar-refractivity contribution >= 4 is 28.6 Å². The van der Waals surface area contributed by atoms with Gasteiger partial charge in [0.15, 0.2) is 0 Å². The number of thiazole rings is 1. The molecule has 3 nitrogen and oxygen atoms in total. The van der Waals surface area contributed by atoms with Crippen molar-refractivity contribution in [2.45, 2.75) is 6.54 Å². The van der Waals surface area contributed by atoms with Gasteiger partial charge in [0.25, 0.3) is 5.91 Å². The van der Waals surface area contributed by atoms with E-state index in [9.17, 15) is 4.79 Å². The molecule has 2 heterocycles. The van der Waals surface area contributed by atoms with Crippen molar-refractivity contribution in [1.29, 1.82) is 0 Å². The third-order valence-corrected chi connectivity index (χ3v) is 5.88. The van der Waals surface area contributed by atoms with E-state index >= 15 is 0 Å². The van der Waals surface area contributed by atoms with Gasteiger partial charge in [0.1, 0.15) is 9.88 Å². The van der Waals surface area contributed by atoms with E-state index in [2.05, 4.69) is 5.32 Å². The molecule has 0 aliphatic rings. The number of benzene rings is 2. The average Bonchev–Trinajstić information content (AvgIpc) is 3.37. The number of rotatable bonds is 5. The SMILES string of the molecule is O=C(NCc1cccs1)c1sc(-c2ccccc2)nc1-c1ccccc1. The predicted octanol–water partition coefficient (Wildman–Crippen LogP) is 5.47. The number of carbonyl (C=O) groups excluding carboxylic acids is 1. The first-order valence-corrected chi connectivity index (χ1v) is 9.93. The first-order valence-electron chi connectivity index (χ1n) is 8.23. The Morgan fingerprint density at radius 3 is 2.23 bits per heavy atom. The van der Waals surface area contributed by atoms with Crippen LogP contribution >= 0.6 is 22.7 Å². The second-order valence-corrected chi connectivity index (χ2v) is 7.72. The lowest BCUT2D eigenvalue weighted by Crippen LogP contribution is -2.21. The lowest BCUT2D eigenvalue weighted by Gasteiger charge is -2.04. The van der Waals surface area contributed by atoms with Gasteiger partial charge in [-0.25, -0.2) is 4.98 Å². The molecule has 0 saturated carbocycles. The Bertz CT molecular complexity index is 993. The van der Waals surface area contributed by atoms with Crippen LogP contribution in [-0.4, -0.2) is 10.9 Å². The van der Waals surface area contributed by atoms with Gasteiger partial charge in [-0.05, 0) is 11.4 Å². The molecule has 5 heteroatoms. The second-order valence-electron chi connectivity index (χ2n) is 5.69. The van der Waals surface area contributed by atoms with Gasteiger partial charge in [-0.3, -0.25) is 4.79 Å². The fourth-order valence-electron chi connectivity index (χ4n) is 2.63. The molecule has 4 aromatic rings. The van der Waals surface area contributed by atoms with Crippen LogP contribution < -0.4 is 5.32 Å². The number of nitrogens with one attached hydrogen (secondary N) is 1. The van der Waals surface area contributed by atoms with Gasteiger partial charge in [0.2, 0.25) is 0 Å². The molecular formula is C21H16N2OS2. The lowest BCUT2D eigenvalue weighted by atomic mass is 10.1. The van der Waals surface area contributed by atoms with Crippen LogP contribution in [0.15, 0.2) is 78.2 Å². The van der Waals surface area contributed by atoms with Crippen LogP contribution in [0.1, 0.15) is 14.5 Å². The molecule has 0 fully saturated rings. The Kier molecular flexibility index (Phi) is 4.91. The number of hydrogen-bond acceptors (Lipinski definition) is 4. The van der Waals surface area contributed by atoms with Crippen molar-refractivity contribution in [2.75, 3.05) is 0 Å². The van der Waals surface area contributed by atoms with Crippen molar-refractivity contribution in [2.24, 2.45) is 0 Å². The monoisotopic (exact) mass is 376 g/mol. The fourth-order valence-corrected chi connectivity index (χ4v) is 4.28. The van der Waals surface area contributed by atoms with Gasteiger partial charge in [0.05, 0.1) is 12.2 Å². The summed E-state index contributed by atoms with van der Waals surface area (Å²) in [4.78, 5) is 19.4. The Morgan fingerprint density at radius 2 is 1.58 bits per heavy atom. The highest BCUT2D eigenvalue weighted by Crippen LogP contribution is 2.33. The molecule has 0 unspecified atom stereocenters. The van der Waals surface area contributed by atoms with Crippen LogP contribution in [0.4, 0.5) is 0 Å². The molecule has 0 atom stereocenters. The Morgan fingerprint density at radius 1 is 0.885 bits per heavy atom. The summed E-state index contributed by atoms with van der Waals surface area (Å²) >= 11 is 3.07. The standard InChI is InChI=1S/C21H16N2OS2/c24-20(22-14-17-12-7-13-25-17)19-18(15-8-3-1-4-9-15)23-21(26-19)16-10-5-2-6-11-16/h1-13H,14H2,(H,22,24). The highest BCUT2D eigenvalue weighted by atomic mass is 32.1. The molecule has 0 spiro atoms. The van der Waals surface area contributed by atoms with E-state index in [0.717, 1.165) is 26.7 Å². The number of thiophene rings is 1. The minimum absolute atomic E-state index is 0.0862. The zero-order chi connectivity index (χ0) is 17.8. The van der Waals surface area contributed by atoms with Crippen LogP contribution in [0.3, 0.4) is 0 Å². The summed E-state index contributed by atoms with van der Waals surface area (Å²) in [5.74, 6) is -0.0862. The van der Waals surface area contributed by atoms with Gasteiger partial charge >= 0.3 is 0 Å². The van der Waals surface area contributed by atoms with E-state index in [1.165, 1.54) is 11.3 Å². The Balaban J connectivity index is 1.69. The number of nitrogens with zero attached hydrogens (tertiary/aromatic N) is 1. The lowest BCUT2D eigenvalue weighted by molar-refractivity contribution is 0.0956. The van der Waals surface area contributed by atoms with Crippen LogP contribution in [0.2, 0.25) is 0 Å². The molecule has 0 aliphatic heterocycles. The minimum Gasteiger partial charge on any atom is -0.346 e. The average molecular weight is 377 g/mol. The maximum Gasteiger partial charge on any atom is 0.263 e. The summed E-state index contributed by atoms with van der Waals surface area (Å²) in [6, 6.07) is 23.8. The summed E-state index contributed by atoms with van der Waals surface area (Å²) in [6.45, 7) is 0.531. The second kappa shape index (κ2) is 7.64. The van der Waals surface area contributed by atoms with E-state index in [4.69, 9.17) is 4.98 Å². The quantitative estimate of drug-likeness (QED) is 0.502. The first-order chi connectivity index (χ1) is 12.8. The van der Waals surface area contributed by atoms with E-state index in [0.29, 0.717) is 11.4 Å². The minimum atomic E-state index is -0.0862. The van der Waals surface area contributed by atoms with Crippen LogP contribution in [0.25, 0.3) is 21.8 Å². The van der Waals surface area contributed by atoms with Gasteiger partial charge in [-0.1, -0.05) is 66.7 Å². The van der Waals surface area contributed by atoms with E-state index in [1.807, 2.05) is 78.2 Å². The number of hydrogen-bond donors (Lipinski definition) is 1. The largest absolute Gasteiger partial charge is 0.346 e. The summed E-state index contributed by atoms with van der Waals surface area (Å²) in [7, 11) is 0. The van der Waals surface area contributed by atoms with E-state index < -0.39 is 0 Å². The van der Waals surface area contributed by atoms with Gasteiger partial charge in [-0.15, -0.1) is 22.7 Å². The van der Waals surface area contributed by atoms with Crippen molar-refractivity contribution in [3.63, 3.8) is 0 Å². The summed E-state index contributed by atoms with van der Waals surface area (Å²) in [5.41, 5.74) is 2.71. The number of amides is 1. The molecule has 2 aromatic carbocycles. The molecule has 1 N–H and O–H groups in total. The van der Waals surface area contributed by atoms with Crippen LogP contribution in [0, 0.1) is 0 Å². The summed E-state index contributed by atoms with van der Waals surface area (Å²) in [6.07, 6.45) is 0. The molecular weight excluding hydrogens is 360 g/mol. The first kappa shape index (κ1) is 16.7. The zero-order valence-corrected chi connectivity index (χ0v) is 15.5. The van der Waals surface area contributed by atoms with E-state index in [-0.39, 0.29) is 5.91 Å². The Hall–Kier alpha value is -2.76. The highest BCUT2D eigenvalue weighted by molar-refractivity contribution is 7.17. The van der Waals surface area contributed by atoms with E-state index in [1.54, 1.807) is 11.3 Å². The number of carbonyl (C=O) groups is 1. The smallest absolute Gasteiger partial charge is 0.263 e. The van der Waals surface area contributed by atoms with Crippen LogP contribution in [-0.2, 0) is 6.54 Å². The third-order valence-electron chi connectivity index (χ3n) is 3.90. The molecule has 2 aromatic heterocycles. The predicted molar refractivity (Wildman–Crippen MR) is 108 cm³/mol. The maximum atomic E-state index is 12.8. The molecule has 1 amide bonds. The molecule has 0 saturated heterocycles. The Labute approximate surface area is 160 Å². The van der Waals surface area contributed by atoms with Crippen LogP contribution in [0.5, 0.6) is 0 Å². The van der Waals surface area contributed by atoms with Crippen molar-refractivity contribution in [3.05, 3.63) is 87.9 Å². The van der Waals surface area contributed by atoms with Gasteiger partial charge < -0.3 is 5.32 Å². The van der Waals surface area contributed by atoms with Gasteiger partial charge in [0, 0.05) is 16.0 Å². The summed E-state index contributed by atoms with van der Waals surface area (Å²) < 4.78 is 0.